The van der Waals surface area contributed by atoms with E-state index >= 15 is 0 Å². The Bertz CT molecular complexity index is 965. The quantitative estimate of drug-likeness (QED) is 0.708. The van der Waals surface area contributed by atoms with E-state index in [1.807, 2.05) is 18.3 Å². The van der Waals surface area contributed by atoms with Crippen LogP contribution in [0.1, 0.15) is 17.1 Å². The molecule has 0 aliphatic carbocycles. The topological polar surface area (TPSA) is 71.5 Å². The first-order valence-electron chi connectivity index (χ1n) is 8.90. The number of halogens is 3. The summed E-state index contributed by atoms with van der Waals surface area (Å²) in [6, 6.07) is 12.6. The molecule has 0 saturated carbocycles. The van der Waals surface area contributed by atoms with Crippen LogP contribution in [0.4, 0.5) is 13.2 Å². The van der Waals surface area contributed by atoms with Gasteiger partial charge in [0.2, 0.25) is 0 Å². The smallest absolute Gasteiger partial charge is 0.475 e. The van der Waals surface area contributed by atoms with Gasteiger partial charge in [-0.25, -0.2) is 9.78 Å². The van der Waals surface area contributed by atoms with E-state index in [0.29, 0.717) is 0 Å². The van der Waals surface area contributed by atoms with Gasteiger partial charge in [-0.05, 0) is 25.1 Å². The van der Waals surface area contributed by atoms with Crippen LogP contribution in [0.25, 0.3) is 11.3 Å². The molecule has 1 aromatic carbocycles. The third-order valence-corrected chi connectivity index (χ3v) is 4.46. The summed E-state index contributed by atoms with van der Waals surface area (Å²) in [5.74, 6) is -0.610. The molecule has 3 heterocycles. The van der Waals surface area contributed by atoms with E-state index in [4.69, 9.17) is 14.3 Å². The minimum absolute atomic E-state index is 0.847. The number of imidazole rings is 1. The fourth-order valence-electron chi connectivity index (χ4n) is 3.10. The highest BCUT2D eigenvalue weighted by molar-refractivity contribution is 5.73. The molecule has 0 radical (unpaired) electrons. The molecule has 1 aliphatic rings. The van der Waals surface area contributed by atoms with Crippen LogP contribution in [0.3, 0.4) is 0 Å². The number of carbonyl (C=O) groups is 1. The van der Waals surface area contributed by atoms with Crippen molar-refractivity contribution in [2.75, 3.05) is 6.54 Å². The molecule has 0 fully saturated rings. The Kier molecular flexibility index (Phi) is 6.07. The molecule has 0 amide bonds. The Morgan fingerprint density at radius 1 is 1.24 bits per heavy atom. The zero-order valence-corrected chi connectivity index (χ0v) is 15.7. The van der Waals surface area contributed by atoms with Crippen molar-refractivity contribution in [3.63, 3.8) is 0 Å². The second-order valence-corrected chi connectivity index (χ2v) is 6.67. The highest BCUT2D eigenvalue weighted by Gasteiger charge is 2.38. The summed E-state index contributed by atoms with van der Waals surface area (Å²) in [6.45, 7) is 5.83. The minimum Gasteiger partial charge on any atom is -0.475 e. The number of carboxylic acids is 1. The van der Waals surface area contributed by atoms with Crippen LogP contribution >= 0.6 is 0 Å². The number of hydrogen-bond donors (Lipinski definition) is 1. The highest BCUT2D eigenvalue weighted by Crippen LogP contribution is 2.25. The van der Waals surface area contributed by atoms with Gasteiger partial charge in [-0.15, -0.1) is 0 Å². The first kappa shape index (κ1) is 20.7. The standard InChI is InChI=1S/C18H19N3O.C2HF3O2/c1-14-4-2-5-15(10-14)17-11-19-18-13-20(7-8-21(17)18)12-16-6-3-9-22-16;3-2(4,5)1(6)7/h2-6,9-11H,7-8,12-13H2,1H3;(H,6,7). The van der Waals surface area contributed by atoms with Crippen LogP contribution in [0, 0.1) is 6.92 Å². The van der Waals surface area contributed by atoms with Gasteiger partial charge in [0, 0.05) is 18.7 Å². The second kappa shape index (κ2) is 8.52. The van der Waals surface area contributed by atoms with E-state index in [9.17, 15) is 13.2 Å². The number of hydrogen-bond acceptors (Lipinski definition) is 4. The molecule has 1 aliphatic heterocycles. The molecule has 9 heteroatoms. The van der Waals surface area contributed by atoms with Crippen molar-refractivity contribution in [3.8, 4) is 11.3 Å². The summed E-state index contributed by atoms with van der Waals surface area (Å²) >= 11 is 0. The van der Waals surface area contributed by atoms with Gasteiger partial charge in [-0.1, -0.05) is 23.8 Å². The molecule has 2 aromatic heterocycles. The van der Waals surface area contributed by atoms with E-state index < -0.39 is 12.1 Å². The molecule has 6 nitrogen and oxygen atoms in total. The lowest BCUT2D eigenvalue weighted by atomic mass is 10.1. The molecule has 0 saturated heterocycles. The summed E-state index contributed by atoms with van der Waals surface area (Å²) in [4.78, 5) is 15.9. The van der Waals surface area contributed by atoms with Gasteiger partial charge in [0.25, 0.3) is 0 Å². The number of nitrogens with zero attached hydrogens (tertiary/aromatic N) is 3. The van der Waals surface area contributed by atoms with Crippen LogP contribution in [-0.2, 0) is 24.4 Å². The zero-order chi connectivity index (χ0) is 21.0. The van der Waals surface area contributed by atoms with Gasteiger partial charge in [0.15, 0.2) is 0 Å². The van der Waals surface area contributed by atoms with Crippen molar-refractivity contribution < 1.29 is 27.5 Å². The van der Waals surface area contributed by atoms with Crippen molar-refractivity contribution in [1.82, 2.24) is 14.5 Å². The maximum Gasteiger partial charge on any atom is 0.490 e. The Morgan fingerprint density at radius 2 is 2.00 bits per heavy atom. The number of aryl methyl sites for hydroxylation is 1. The summed E-state index contributed by atoms with van der Waals surface area (Å²) < 4.78 is 39.5. The third-order valence-electron chi connectivity index (χ3n) is 4.46. The molecule has 0 unspecified atom stereocenters. The average molecular weight is 407 g/mol. The number of aromatic nitrogens is 2. The van der Waals surface area contributed by atoms with Gasteiger partial charge in [-0.3, -0.25) is 4.90 Å². The average Bonchev–Trinajstić information content (AvgIpc) is 3.31. The number of rotatable bonds is 3. The molecular weight excluding hydrogens is 387 g/mol. The maximum absolute atomic E-state index is 10.6. The third kappa shape index (κ3) is 5.26. The molecule has 1 N–H and O–H groups in total. The van der Waals surface area contributed by atoms with Crippen LogP contribution in [0.15, 0.2) is 53.3 Å². The summed E-state index contributed by atoms with van der Waals surface area (Å²) in [7, 11) is 0. The Labute approximate surface area is 165 Å². The first-order chi connectivity index (χ1) is 13.7. The summed E-state index contributed by atoms with van der Waals surface area (Å²) in [5, 5.41) is 7.12. The predicted octanol–water partition coefficient (Wildman–Crippen LogP) is 4.10. The lowest BCUT2D eigenvalue weighted by Gasteiger charge is -2.27. The number of fused-ring (bicyclic) bond motifs is 1. The number of alkyl halides is 3. The normalized spacial score (nSPS) is 14.1. The molecular formula is C20H20F3N3O3. The monoisotopic (exact) mass is 407 g/mol. The zero-order valence-electron chi connectivity index (χ0n) is 15.7. The molecule has 154 valence electrons. The van der Waals surface area contributed by atoms with Crippen LogP contribution in [0.2, 0.25) is 0 Å². The van der Waals surface area contributed by atoms with E-state index in [-0.39, 0.29) is 0 Å². The summed E-state index contributed by atoms with van der Waals surface area (Å²) in [6.07, 6.45) is -1.35. The Balaban J connectivity index is 0.000000298. The van der Waals surface area contributed by atoms with E-state index in [1.165, 1.54) is 16.8 Å². The number of furan rings is 1. The maximum atomic E-state index is 10.6. The van der Waals surface area contributed by atoms with Gasteiger partial charge < -0.3 is 14.1 Å². The fourth-order valence-corrected chi connectivity index (χ4v) is 3.10. The van der Waals surface area contributed by atoms with Crippen LogP contribution < -0.4 is 0 Å². The number of aliphatic carboxylic acids is 1. The molecule has 3 aromatic rings. The molecule has 29 heavy (non-hydrogen) atoms. The van der Waals surface area contributed by atoms with Crippen LogP contribution in [-0.4, -0.2) is 38.2 Å². The minimum atomic E-state index is -5.08. The fraction of sp³-hybridized carbons (Fsp3) is 0.300. The van der Waals surface area contributed by atoms with Crippen molar-refractivity contribution in [2.45, 2.75) is 32.7 Å². The Hall–Kier alpha value is -3.07. The van der Waals surface area contributed by atoms with Crippen molar-refractivity contribution in [2.24, 2.45) is 0 Å². The summed E-state index contributed by atoms with van der Waals surface area (Å²) in [5.41, 5.74) is 3.75. The van der Waals surface area contributed by atoms with Crippen molar-refractivity contribution in [3.05, 3.63) is 66.0 Å². The molecule has 4 rings (SSSR count). The lowest BCUT2D eigenvalue weighted by molar-refractivity contribution is -0.192. The molecule has 0 spiro atoms. The molecule has 0 bridgehead atoms. The van der Waals surface area contributed by atoms with Crippen molar-refractivity contribution >= 4 is 5.97 Å². The second-order valence-electron chi connectivity index (χ2n) is 6.67. The van der Waals surface area contributed by atoms with Gasteiger partial charge in [-0.2, -0.15) is 13.2 Å². The van der Waals surface area contributed by atoms with Crippen molar-refractivity contribution in [1.29, 1.82) is 0 Å². The lowest BCUT2D eigenvalue weighted by Crippen LogP contribution is -2.33. The van der Waals surface area contributed by atoms with Gasteiger partial charge in [0.1, 0.15) is 11.6 Å². The Morgan fingerprint density at radius 3 is 2.62 bits per heavy atom. The number of carboxylic acid groups (broad SMARTS) is 1. The van der Waals surface area contributed by atoms with Crippen LogP contribution in [0.5, 0.6) is 0 Å². The first-order valence-corrected chi connectivity index (χ1v) is 8.90. The number of benzene rings is 1. The SMILES string of the molecule is Cc1cccc(-c2cnc3n2CCN(Cc2ccco2)C3)c1.O=C(O)C(F)(F)F. The van der Waals surface area contributed by atoms with E-state index in [1.54, 1.807) is 6.26 Å². The van der Waals surface area contributed by atoms with Gasteiger partial charge >= 0.3 is 12.1 Å². The largest absolute Gasteiger partial charge is 0.490 e. The highest BCUT2D eigenvalue weighted by atomic mass is 19.4. The molecule has 0 atom stereocenters. The predicted molar refractivity (Wildman–Crippen MR) is 98.9 cm³/mol. The van der Waals surface area contributed by atoms with E-state index in [2.05, 4.69) is 45.6 Å². The van der Waals surface area contributed by atoms with Gasteiger partial charge in [0.05, 0.1) is 31.2 Å². The van der Waals surface area contributed by atoms with E-state index in [0.717, 1.165) is 37.8 Å².